The summed E-state index contributed by atoms with van der Waals surface area (Å²) in [6, 6.07) is 22.3. The van der Waals surface area contributed by atoms with Crippen LogP contribution in [-0.2, 0) is 16.1 Å². The molecule has 1 aromatic heterocycles. The van der Waals surface area contributed by atoms with E-state index in [-0.39, 0.29) is 12.2 Å². The number of thiazole rings is 1. The van der Waals surface area contributed by atoms with Crippen molar-refractivity contribution in [1.29, 1.82) is 0 Å². The van der Waals surface area contributed by atoms with Crippen LogP contribution in [0.25, 0.3) is 6.08 Å². The highest BCUT2D eigenvalue weighted by atomic mass is 35.5. The van der Waals surface area contributed by atoms with Gasteiger partial charge in [0.1, 0.15) is 12.4 Å². The second kappa shape index (κ2) is 11.4. The number of carbonyl (C=O) groups excluding carboxylic acids is 1. The van der Waals surface area contributed by atoms with Crippen LogP contribution in [0.2, 0.25) is 5.02 Å². The van der Waals surface area contributed by atoms with E-state index < -0.39 is 12.0 Å². The van der Waals surface area contributed by atoms with E-state index in [9.17, 15) is 9.59 Å². The van der Waals surface area contributed by atoms with Crippen molar-refractivity contribution >= 4 is 35.0 Å². The molecule has 39 heavy (non-hydrogen) atoms. The lowest BCUT2D eigenvalue weighted by molar-refractivity contribution is -0.139. The maximum atomic E-state index is 13.8. The summed E-state index contributed by atoms with van der Waals surface area (Å²) in [5, 5.41) is 0.648. The molecular formula is C31H27ClN2O4S. The SMILES string of the molecule is CCOC(=O)C1=C(C)N=c2s/c(=C\c3cccc(OCc4ccccc4Cl)c3)c(=O)n2[C@@H]1c1ccc(C)cc1. The number of carbonyl (C=O) groups is 1. The summed E-state index contributed by atoms with van der Waals surface area (Å²) in [5.41, 5.74) is 4.30. The van der Waals surface area contributed by atoms with Gasteiger partial charge in [0, 0.05) is 10.6 Å². The second-order valence-corrected chi connectivity index (χ2v) is 10.6. The molecule has 6 nitrogen and oxygen atoms in total. The van der Waals surface area contributed by atoms with E-state index in [0.717, 1.165) is 22.3 Å². The number of esters is 1. The van der Waals surface area contributed by atoms with Crippen molar-refractivity contribution in [3.05, 3.63) is 131 Å². The highest BCUT2D eigenvalue weighted by Crippen LogP contribution is 2.31. The van der Waals surface area contributed by atoms with Crippen LogP contribution < -0.4 is 19.6 Å². The molecule has 2 heterocycles. The summed E-state index contributed by atoms with van der Waals surface area (Å²) < 4.78 is 13.4. The van der Waals surface area contributed by atoms with Gasteiger partial charge >= 0.3 is 5.97 Å². The average molecular weight is 559 g/mol. The van der Waals surface area contributed by atoms with Gasteiger partial charge in [-0.1, -0.05) is 83.1 Å². The first kappa shape index (κ1) is 26.7. The zero-order chi connectivity index (χ0) is 27.5. The molecule has 0 amide bonds. The third-order valence-electron chi connectivity index (χ3n) is 6.42. The second-order valence-electron chi connectivity index (χ2n) is 9.17. The van der Waals surface area contributed by atoms with Crippen molar-refractivity contribution in [2.45, 2.75) is 33.4 Å². The molecule has 198 valence electrons. The Kier molecular flexibility index (Phi) is 7.82. The van der Waals surface area contributed by atoms with Crippen molar-refractivity contribution in [1.82, 2.24) is 4.57 Å². The Labute approximate surface area is 235 Å². The predicted molar refractivity (Wildman–Crippen MR) is 154 cm³/mol. The van der Waals surface area contributed by atoms with Crippen LogP contribution in [0.3, 0.4) is 0 Å². The van der Waals surface area contributed by atoms with Crippen molar-refractivity contribution in [2.24, 2.45) is 4.99 Å². The topological polar surface area (TPSA) is 69.9 Å². The highest BCUT2D eigenvalue weighted by molar-refractivity contribution is 7.07. The maximum Gasteiger partial charge on any atom is 0.338 e. The number of allylic oxidation sites excluding steroid dienone is 1. The lowest BCUT2D eigenvalue weighted by Crippen LogP contribution is -2.39. The molecule has 0 saturated carbocycles. The number of rotatable bonds is 7. The van der Waals surface area contributed by atoms with Crippen LogP contribution >= 0.6 is 22.9 Å². The number of hydrogen-bond donors (Lipinski definition) is 0. The molecule has 0 saturated heterocycles. The first-order chi connectivity index (χ1) is 18.9. The van der Waals surface area contributed by atoms with Crippen molar-refractivity contribution in [3.8, 4) is 5.75 Å². The maximum absolute atomic E-state index is 13.8. The summed E-state index contributed by atoms with van der Waals surface area (Å²) in [4.78, 5) is 32.0. The molecule has 8 heteroatoms. The fourth-order valence-electron chi connectivity index (χ4n) is 4.48. The van der Waals surface area contributed by atoms with E-state index >= 15 is 0 Å². The van der Waals surface area contributed by atoms with Gasteiger partial charge in [0.15, 0.2) is 4.80 Å². The molecule has 3 aromatic carbocycles. The zero-order valence-electron chi connectivity index (χ0n) is 21.8. The molecule has 0 fully saturated rings. The lowest BCUT2D eigenvalue weighted by Gasteiger charge is -2.24. The fraction of sp³-hybridized carbons (Fsp3) is 0.194. The molecule has 1 aliphatic heterocycles. The van der Waals surface area contributed by atoms with Crippen LogP contribution in [0.5, 0.6) is 5.75 Å². The minimum Gasteiger partial charge on any atom is -0.489 e. The normalized spacial score (nSPS) is 15.1. The molecule has 4 aromatic rings. The minimum absolute atomic E-state index is 0.221. The number of benzene rings is 3. The van der Waals surface area contributed by atoms with Crippen LogP contribution in [-0.4, -0.2) is 17.1 Å². The number of hydrogen-bond acceptors (Lipinski definition) is 6. The Morgan fingerprint density at radius 3 is 2.59 bits per heavy atom. The Morgan fingerprint density at radius 2 is 1.85 bits per heavy atom. The largest absolute Gasteiger partial charge is 0.489 e. The molecule has 0 unspecified atom stereocenters. The van der Waals surface area contributed by atoms with Gasteiger partial charge in [0.2, 0.25) is 0 Å². The van der Waals surface area contributed by atoms with Gasteiger partial charge in [-0.3, -0.25) is 9.36 Å². The van der Waals surface area contributed by atoms with E-state index in [4.69, 9.17) is 21.1 Å². The standard InChI is InChI=1S/C31H27ClN2O4S/c1-4-37-30(36)27-20(3)33-31-34(28(27)22-14-12-19(2)13-15-22)29(35)26(39-31)17-21-8-7-10-24(16-21)38-18-23-9-5-6-11-25(23)32/h5-17,28H,4,18H2,1-3H3/b26-17-/t28-/m1/s1. The van der Waals surface area contributed by atoms with Crippen LogP contribution in [0.15, 0.2) is 93.9 Å². The Bertz CT molecular complexity index is 1750. The highest BCUT2D eigenvalue weighted by Gasteiger charge is 2.33. The molecule has 1 atom stereocenters. The number of fused-ring (bicyclic) bond motifs is 1. The van der Waals surface area contributed by atoms with Gasteiger partial charge in [0.05, 0.1) is 28.5 Å². The third kappa shape index (κ3) is 5.60. The van der Waals surface area contributed by atoms with Crippen LogP contribution in [0.4, 0.5) is 0 Å². The van der Waals surface area contributed by atoms with E-state index in [0.29, 0.717) is 38.0 Å². The quantitative estimate of drug-likeness (QED) is 0.287. The molecule has 1 aliphatic rings. The van der Waals surface area contributed by atoms with Gasteiger partial charge in [-0.05, 0) is 56.2 Å². The number of ether oxygens (including phenoxy) is 2. The van der Waals surface area contributed by atoms with E-state index in [2.05, 4.69) is 4.99 Å². The number of aromatic nitrogens is 1. The predicted octanol–water partition coefficient (Wildman–Crippen LogP) is 5.34. The Hall–Kier alpha value is -3.94. The first-order valence-electron chi connectivity index (χ1n) is 12.6. The smallest absolute Gasteiger partial charge is 0.338 e. The van der Waals surface area contributed by atoms with E-state index in [1.807, 2.05) is 85.8 Å². The molecule has 5 rings (SSSR count). The van der Waals surface area contributed by atoms with Gasteiger partial charge in [-0.25, -0.2) is 9.79 Å². The molecule has 0 N–H and O–H groups in total. The Balaban J connectivity index is 1.55. The lowest BCUT2D eigenvalue weighted by atomic mass is 9.95. The molecule has 0 spiro atoms. The van der Waals surface area contributed by atoms with Gasteiger partial charge in [0.25, 0.3) is 5.56 Å². The summed E-state index contributed by atoms with van der Waals surface area (Å²) in [5.74, 6) is 0.191. The van der Waals surface area contributed by atoms with Gasteiger partial charge < -0.3 is 9.47 Å². The number of nitrogens with zero attached hydrogens (tertiary/aromatic N) is 2. The molecule has 0 radical (unpaired) electrons. The summed E-state index contributed by atoms with van der Waals surface area (Å²) >= 11 is 7.55. The molecular weight excluding hydrogens is 532 g/mol. The fourth-order valence-corrected chi connectivity index (χ4v) is 5.71. The Morgan fingerprint density at radius 1 is 1.08 bits per heavy atom. The molecule has 0 bridgehead atoms. The number of aryl methyl sites for hydroxylation is 1. The number of halogens is 1. The summed E-state index contributed by atoms with van der Waals surface area (Å²) in [7, 11) is 0. The molecule has 0 aliphatic carbocycles. The van der Waals surface area contributed by atoms with Crippen molar-refractivity contribution in [2.75, 3.05) is 6.61 Å². The monoisotopic (exact) mass is 558 g/mol. The van der Waals surface area contributed by atoms with Crippen molar-refractivity contribution < 1.29 is 14.3 Å². The first-order valence-corrected chi connectivity index (χ1v) is 13.8. The van der Waals surface area contributed by atoms with E-state index in [1.165, 1.54) is 11.3 Å². The zero-order valence-corrected chi connectivity index (χ0v) is 23.4. The minimum atomic E-state index is -0.631. The van der Waals surface area contributed by atoms with Crippen LogP contribution in [0, 0.1) is 6.92 Å². The average Bonchev–Trinajstić information content (AvgIpc) is 3.22. The van der Waals surface area contributed by atoms with Gasteiger partial charge in [-0.2, -0.15) is 0 Å². The third-order valence-corrected chi connectivity index (χ3v) is 7.77. The van der Waals surface area contributed by atoms with Gasteiger partial charge in [-0.15, -0.1) is 0 Å². The van der Waals surface area contributed by atoms with Crippen LogP contribution in [0.1, 0.15) is 42.1 Å². The van der Waals surface area contributed by atoms with E-state index in [1.54, 1.807) is 18.4 Å². The van der Waals surface area contributed by atoms with Crippen molar-refractivity contribution in [3.63, 3.8) is 0 Å². The summed E-state index contributed by atoms with van der Waals surface area (Å²) in [6.45, 7) is 6.10. The summed E-state index contributed by atoms with van der Waals surface area (Å²) in [6.07, 6.45) is 1.82.